The number of hydrogen-bond acceptors (Lipinski definition) is 11. The molecule has 2 saturated heterocycles. The lowest BCUT2D eigenvalue weighted by atomic mass is 10.1. The number of ether oxygens (including phenoxy) is 1. The summed E-state index contributed by atoms with van der Waals surface area (Å²) in [5.41, 5.74) is 3.07. The minimum atomic E-state index is -1.91. The van der Waals surface area contributed by atoms with E-state index in [4.69, 9.17) is 23.5 Å². The van der Waals surface area contributed by atoms with E-state index in [0.717, 1.165) is 34.2 Å². The zero-order chi connectivity index (χ0) is 29.6. The number of thiazole rings is 1. The Bertz CT molecular complexity index is 1600. The number of aromatic nitrogens is 4. The lowest BCUT2D eigenvalue weighted by Gasteiger charge is -2.47. The number of carbonyl (C=O) groups is 1. The molecule has 2 aliphatic heterocycles. The van der Waals surface area contributed by atoms with Crippen LogP contribution in [0.1, 0.15) is 37.0 Å². The third kappa shape index (κ3) is 5.78. The fourth-order valence-electron chi connectivity index (χ4n) is 4.72. The molecule has 0 bridgehead atoms. The van der Waals surface area contributed by atoms with E-state index >= 15 is 0 Å². The third-order valence-electron chi connectivity index (χ3n) is 8.18. The van der Waals surface area contributed by atoms with Gasteiger partial charge in [0.1, 0.15) is 6.26 Å². The number of hydrogen-bond donors (Lipinski definition) is 1. The maximum atomic E-state index is 13.4. The third-order valence-corrected chi connectivity index (χ3v) is 13.8. The maximum Gasteiger partial charge on any atom is 0.277 e. The van der Waals surface area contributed by atoms with E-state index in [2.05, 4.69) is 58.9 Å². The second-order valence-corrected chi connectivity index (χ2v) is 18.1. The average Bonchev–Trinajstić information content (AvgIpc) is 3.58. The van der Waals surface area contributed by atoms with Gasteiger partial charge in [-0.2, -0.15) is 4.98 Å². The fourth-order valence-corrected chi connectivity index (χ4v) is 7.06. The Kier molecular flexibility index (Phi) is 7.54. The summed E-state index contributed by atoms with van der Waals surface area (Å²) in [7, 11) is -1.91. The van der Waals surface area contributed by atoms with Gasteiger partial charge >= 0.3 is 0 Å². The van der Waals surface area contributed by atoms with E-state index in [0.29, 0.717) is 49.3 Å². The number of carbonyl (C=O) groups excluding carboxylic acids is 1. The van der Waals surface area contributed by atoms with Crippen molar-refractivity contribution in [1.82, 2.24) is 19.9 Å². The first kappa shape index (κ1) is 28.7. The van der Waals surface area contributed by atoms with Crippen LogP contribution in [0.4, 0.5) is 16.6 Å². The molecule has 1 amide bonds. The quantitative estimate of drug-likeness (QED) is 0.276. The Labute approximate surface area is 250 Å². The number of morpholine rings is 1. The maximum absolute atomic E-state index is 13.4. The van der Waals surface area contributed by atoms with Crippen molar-refractivity contribution in [3.63, 3.8) is 0 Å². The van der Waals surface area contributed by atoms with Crippen molar-refractivity contribution >= 4 is 52.5 Å². The Morgan fingerprint density at radius 2 is 1.88 bits per heavy atom. The van der Waals surface area contributed by atoms with Gasteiger partial charge in [-0.15, -0.1) is 0 Å². The van der Waals surface area contributed by atoms with E-state index in [9.17, 15) is 4.79 Å². The number of nitrogens with one attached hydrogen (secondary N) is 1. The zero-order valence-corrected chi connectivity index (χ0v) is 26.7. The Balaban J connectivity index is 1.27. The SMILES string of the molecule is Cc1cc(-c2nc(C(=O)Nc3cc4sc(N5CCOCC5)nc4nc3N3CC(O[Si](C)(C)C(C)(C)C)C3)co2)ccn1. The summed E-state index contributed by atoms with van der Waals surface area (Å²) in [4.78, 5) is 36.3. The van der Waals surface area contributed by atoms with Crippen molar-refractivity contribution in [3.8, 4) is 11.5 Å². The highest BCUT2D eigenvalue weighted by molar-refractivity contribution is 7.22. The zero-order valence-electron chi connectivity index (χ0n) is 24.9. The van der Waals surface area contributed by atoms with E-state index in [1.807, 2.05) is 19.1 Å². The minimum absolute atomic E-state index is 0.119. The van der Waals surface area contributed by atoms with Gasteiger partial charge in [0.05, 0.1) is 29.7 Å². The summed E-state index contributed by atoms with van der Waals surface area (Å²) in [6.07, 6.45) is 3.19. The molecule has 2 aliphatic rings. The Morgan fingerprint density at radius 3 is 2.60 bits per heavy atom. The van der Waals surface area contributed by atoms with Crippen LogP contribution in [0.25, 0.3) is 21.8 Å². The smallest absolute Gasteiger partial charge is 0.277 e. The van der Waals surface area contributed by atoms with Gasteiger partial charge in [-0.1, -0.05) is 32.1 Å². The normalized spacial score (nSPS) is 16.6. The number of aryl methyl sites for hydroxylation is 1. The van der Waals surface area contributed by atoms with Gasteiger partial charge < -0.3 is 28.7 Å². The van der Waals surface area contributed by atoms with Crippen LogP contribution >= 0.6 is 11.3 Å². The van der Waals surface area contributed by atoms with Crippen LogP contribution in [-0.2, 0) is 9.16 Å². The number of pyridine rings is 2. The topological polar surface area (TPSA) is 119 Å². The molecule has 0 radical (unpaired) electrons. The number of amides is 1. The summed E-state index contributed by atoms with van der Waals surface area (Å²) in [6, 6.07) is 5.64. The molecule has 2 fully saturated rings. The molecule has 0 atom stereocenters. The Morgan fingerprint density at radius 1 is 1.12 bits per heavy atom. The number of rotatable bonds is 7. The first-order valence-electron chi connectivity index (χ1n) is 14.2. The molecule has 4 aromatic heterocycles. The minimum Gasteiger partial charge on any atom is -0.444 e. The van der Waals surface area contributed by atoms with Crippen LogP contribution in [0.2, 0.25) is 18.1 Å². The standard InChI is InChI=1S/C29H37N7O4SSi/c1-18-13-19(7-8-30-18)27-32-22(17-39-27)26(37)31-21-14-23-24(34-28(41-23)35-9-11-38-12-10-35)33-25(21)36-15-20(16-36)40-42(5,6)29(2,3)4/h7-8,13-14,17,20H,9-12,15-16H2,1-6H3,(H,31,37). The van der Waals surface area contributed by atoms with Gasteiger partial charge in [-0.05, 0) is 43.3 Å². The molecule has 11 nitrogen and oxygen atoms in total. The highest BCUT2D eigenvalue weighted by atomic mass is 32.1. The van der Waals surface area contributed by atoms with Gasteiger partial charge in [0.2, 0.25) is 5.89 Å². The van der Waals surface area contributed by atoms with Crippen molar-refractivity contribution in [2.75, 3.05) is 54.5 Å². The van der Waals surface area contributed by atoms with Gasteiger partial charge in [-0.3, -0.25) is 9.78 Å². The molecular formula is C29H37N7O4SSi. The summed E-state index contributed by atoms with van der Waals surface area (Å²) >= 11 is 1.57. The predicted molar refractivity (Wildman–Crippen MR) is 167 cm³/mol. The largest absolute Gasteiger partial charge is 0.444 e. The average molecular weight is 608 g/mol. The molecule has 0 unspecified atom stereocenters. The number of fused-ring (bicyclic) bond motifs is 1. The van der Waals surface area contributed by atoms with Crippen molar-refractivity contribution in [2.45, 2.75) is 51.9 Å². The van der Waals surface area contributed by atoms with Gasteiger partial charge in [0.15, 0.2) is 30.6 Å². The molecular weight excluding hydrogens is 571 g/mol. The monoisotopic (exact) mass is 607 g/mol. The molecule has 0 saturated carbocycles. The van der Waals surface area contributed by atoms with Crippen molar-refractivity contribution in [3.05, 3.63) is 42.0 Å². The van der Waals surface area contributed by atoms with Crippen molar-refractivity contribution in [1.29, 1.82) is 0 Å². The molecule has 222 valence electrons. The van der Waals surface area contributed by atoms with Crippen LogP contribution < -0.4 is 15.1 Å². The molecule has 0 aromatic carbocycles. The van der Waals surface area contributed by atoms with Crippen molar-refractivity contribution in [2.24, 2.45) is 0 Å². The van der Waals surface area contributed by atoms with Crippen LogP contribution in [0.15, 0.2) is 35.1 Å². The molecule has 4 aromatic rings. The van der Waals surface area contributed by atoms with Crippen LogP contribution in [0.5, 0.6) is 0 Å². The summed E-state index contributed by atoms with van der Waals surface area (Å²) in [6.45, 7) is 17.5. The first-order valence-corrected chi connectivity index (χ1v) is 18.0. The van der Waals surface area contributed by atoms with E-state index in [1.165, 1.54) is 6.26 Å². The van der Waals surface area contributed by atoms with Crippen molar-refractivity contribution < 1.29 is 18.4 Å². The number of oxazole rings is 1. The number of nitrogens with zero attached hydrogens (tertiary/aromatic N) is 6. The summed E-state index contributed by atoms with van der Waals surface area (Å²) < 4.78 is 18.7. The van der Waals surface area contributed by atoms with E-state index in [-0.39, 0.29) is 22.7 Å². The second-order valence-electron chi connectivity index (χ2n) is 12.4. The molecule has 1 N–H and O–H groups in total. The van der Waals surface area contributed by atoms with Gasteiger partial charge in [-0.25, -0.2) is 9.97 Å². The molecule has 6 rings (SSSR count). The van der Waals surface area contributed by atoms with Crippen LogP contribution in [0, 0.1) is 6.92 Å². The molecule has 42 heavy (non-hydrogen) atoms. The lowest BCUT2D eigenvalue weighted by Crippen LogP contribution is -2.58. The molecule has 0 aliphatic carbocycles. The Hall–Kier alpha value is -3.39. The molecule has 6 heterocycles. The number of anilines is 3. The second kappa shape index (κ2) is 11.0. The van der Waals surface area contributed by atoms with Crippen LogP contribution in [0.3, 0.4) is 0 Å². The van der Waals surface area contributed by atoms with E-state index in [1.54, 1.807) is 23.6 Å². The molecule has 13 heteroatoms. The van der Waals surface area contributed by atoms with Crippen LogP contribution in [-0.4, -0.2) is 79.7 Å². The predicted octanol–water partition coefficient (Wildman–Crippen LogP) is 5.35. The summed E-state index contributed by atoms with van der Waals surface area (Å²) in [5.74, 6) is 0.675. The molecule has 0 spiro atoms. The highest BCUT2D eigenvalue weighted by Crippen LogP contribution is 2.40. The van der Waals surface area contributed by atoms with E-state index < -0.39 is 8.32 Å². The lowest BCUT2D eigenvalue weighted by molar-refractivity contribution is 0.102. The summed E-state index contributed by atoms with van der Waals surface area (Å²) in [5, 5.41) is 4.10. The van der Waals surface area contributed by atoms with Gasteiger partial charge in [0.25, 0.3) is 5.91 Å². The fraction of sp³-hybridized carbons (Fsp3) is 0.483. The first-order chi connectivity index (χ1) is 20.0. The van der Waals surface area contributed by atoms with Gasteiger partial charge in [0, 0.05) is 43.6 Å². The highest BCUT2D eigenvalue weighted by Gasteiger charge is 2.42.